The summed E-state index contributed by atoms with van der Waals surface area (Å²) in [5, 5.41) is 0. The fourth-order valence-corrected chi connectivity index (χ4v) is 3.19. The van der Waals surface area contributed by atoms with Gasteiger partial charge >= 0.3 is 0 Å². The van der Waals surface area contributed by atoms with Crippen LogP contribution in [0.3, 0.4) is 0 Å². The van der Waals surface area contributed by atoms with E-state index >= 15 is 0 Å². The monoisotopic (exact) mass is 309 g/mol. The van der Waals surface area contributed by atoms with Gasteiger partial charge in [-0.3, -0.25) is 4.79 Å². The van der Waals surface area contributed by atoms with Gasteiger partial charge in [0.25, 0.3) is 0 Å². The molecule has 1 aromatic carbocycles. The molecule has 1 saturated carbocycles. The Hall–Kier alpha value is -0.830. The Morgan fingerprint density at radius 1 is 1.33 bits per heavy atom. The minimum Gasteiger partial charge on any atom is -0.341 e. The van der Waals surface area contributed by atoms with Gasteiger partial charge in [-0.25, -0.2) is 0 Å². The van der Waals surface area contributed by atoms with Crippen molar-refractivity contribution in [2.24, 2.45) is 5.41 Å². The molecule has 0 saturated heterocycles. The molecule has 0 spiro atoms. The molecule has 0 N–H and O–H groups in total. The molecule has 0 unspecified atom stereocenters. The SMILES string of the molecule is CN(Cc1ccccc1Br)C(=O)C1(C)CCCC1. The van der Waals surface area contributed by atoms with Gasteiger partial charge < -0.3 is 4.90 Å². The van der Waals surface area contributed by atoms with Crippen molar-refractivity contribution in [1.82, 2.24) is 4.90 Å². The molecular weight excluding hydrogens is 290 g/mol. The second kappa shape index (κ2) is 5.43. The Bertz CT molecular complexity index is 438. The first-order chi connectivity index (χ1) is 8.53. The van der Waals surface area contributed by atoms with Crippen molar-refractivity contribution in [1.29, 1.82) is 0 Å². The maximum absolute atomic E-state index is 12.5. The van der Waals surface area contributed by atoms with Crippen LogP contribution >= 0.6 is 15.9 Å². The second-order valence-corrected chi connectivity index (χ2v) is 6.37. The highest BCUT2D eigenvalue weighted by atomic mass is 79.9. The molecular formula is C15H20BrNO. The third-order valence-electron chi connectivity index (χ3n) is 3.94. The van der Waals surface area contributed by atoms with Gasteiger partial charge in [0.05, 0.1) is 0 Å². The first-order valence-corrected chi connectivity index (χ1v) is 7.31. The fraction of sp³-hybridized carbons (Fsp3) is 0.533. The number of benzene rings is 1. The zero-order chi connectivity index (χ0) is 13.2. The number of hydrogen-bond donors (Lipinski definition) is 0. The van der Waals surface area contributed by atoms with E-state index in [0.717, 1.165) is 22.9 Å². The molecule has 2 nitrogen and oxygen atoms in total. The van der Waals surface area contributed by atoms with Crippen molar-refractivity contribution in [2.45, 2.75) is 39.2 Å². The standard InChI is InChI=1S/C15H20BrNO/c1-15(9-5-6-10-15)14(18)17(2)11-12-7-3-4-8-13(12)16/h3-4,7-8H,5-6,9-11H2,1-2H3. The molecule has 0 aromatic heterocycles. The minimum atomic E-state index is -0.129. The van der Waals surface area contributed by atoms with Gasteiger partial charge in [0.1, 0.15) is 0 Å². The largest absolute Gasteiger partial charge is 0.341 e. The lowest BCUT2D eigenvalue weighted by Gasteiger charge is -2.29. The van der Waals surface area contributed by atoms with Crippen LogP contribution in [-0.4, -0.2) is 17.9 Å². The van der Waals surface area contributed by atoms with Gasteiger partial charge in [-0.1, -0.05) is 53.9 Å². The molecule has 18 heavy (non-hydrogen) atoms. The van der Waals surface area contributed by atoms with E-state index in [9.17, 15) is 4.79 Å². The molecule has 1 aromatic rings. The fourth-order valence-electron chi connectivity index (χ4n) is 2.78. The van der Waals surface area contributed by atoms with E-state index in [2.05, 4.69) is 28.9 Å². The Morgan fingerprint density at radius 2 is 1.94 bits per heavy atom. The molecule has 0 bridgehead atoms. The van der Waals surface area contributed by atoms with Gasteiger partial charge in [-0.15, -0.1) is 0 Å². The average molecular weight is 310 g/mol. The minimum absolute atomic E-state index is 0.129. The summed E-state index contributed by atoms with van der Waals surface area (Å²) in [7, 11) is 1.91. The van der Waals surface area contributed by atoms with Gasteiger partial charge in [-0.2, -0.15) is 0 Å². The smallest absolute Gasteiger partial charge is 0.228 e. The van der Waals surface area contributed by atoms with Crippen molar-refractivity contribution < 1.29 is 4.79 Å². The van der Waals surface area contributed by atoms with Gasteiger partial charge in [0.2, 0.25) is 5.91 Å². The summed E-state index contributed by atoms with van der Waals surface area (Å²) < 4.78 is 1.07. The Balaban J connectivity index is 2.06. The van der Waals surface area contributed by atoms with Crippen LogP contribution in [0.15, 0.2) is 28.7 Å². The normalized spacial score (nSPS) is 17.7. The molecule has 0 heterocycles. The summed E-state index contributed by atoms with van der Waals surface area (Å²) >= 11 is 3.53. The number of amides is 1. The third-order valence-corrected chi connectivity index (χ3v) is 4.71. The molecule has 0 atom stereocenters. The quantitative estimate of drug-likeness (QED) is 0.827. The second-order valence-electron chi connectivity index (χ2n) is 5.52. The van der Waals surface area contributed by atoms with Crippen molar-refractivity contribution in [3.63, 3.8) is 0 Å². The van der Waals surface area contributed by atoms with E-state index in [1.165, 1.54) is 12.8 Å². The van der Waals surface area contributed by atoms with E-state index < -0.39 is 0 Å². The molecule has 0 radical (unpaired) electrons. The zero-order valence-corrected chi connectivity index (χ0v) is 12.7. The van der Waals surface area contributed by atoms with Crippen molar-refractivity contribution in [3.8, 4) is 0 Å². The lowest BCUT2D eigenvalue weighted by atomic mass is 9.87. The zero-order valence-electron chi connectivity index (χ0n) is 11.1. The van der Waals surface area contributed by atoms with Crippen LogP contribution in [0.25, 0.3) is 0 Å². The van der Waals surface area contributed by atoms with Crippen LogP contribution in [-0.2, 0) is 11.3 Å². The molecule has 98 valence electrons. The summed E-state index contributed by atoms with van der Waals surface area (Å²) in [6.45, 7) is 2.79. The van der Waals surface area contributed by atoms with E-state index in [4.69, 9.17) is 0 Å². The van der Waals surface area contributed by atoms with Crippen LogP contribution in [0, 0.1) is 5.41 Å². The molecule has 1 fully saturated rings. The summed E-state index contributed by atoms with van der Waals surface area (Å²) in [5.41, 5.74) is 1.03. The summed E-state index contributed by atoms with van der Waals surface area (Å²) in [6.07, 6.45) is 4.44. The van der Waals surface area contributed by atoms with Crippen LogP contribution in [0.1, 0.15) is 38.2 Å². The Morgan fingerprint density at radius 3 is 2.56 bits per heavy atom. The van der Waals surface area contributed by atoms with Crippen LogP contribution in [0.2, 0.25) is 0 Å². The highest BCUT2D eigenvalue weighted by Gasteiger charge is 2.38. The van der Waals surface area contributed by atoms with Crippen molar-refractivity contribution >= 4 is 21.8 Å². The maximum atomic E-state index is 12.5. The van der Waals surface area contributed by atoms with Crippen molar-refractivity contribution in [3.05, 3.63) is 34.3 Å². The first-order valence-electron chi connectivity index (χ1n) is 6.52. The van der Waals surface area contributed by atoms with E-state index in [-0.39, 0.29) is 11.3 Å². The van der Waals surface area contributed by atoms with E-state index in [1.807, 2.05) is 30.1 Å². The molecule has 1 aliphatic rings. The lowest BCUT2D eigenvalue weighted by Crippen LogP contribution is -2.38. The highest BCUT2D eigenvalue weighted by molar-refractivity contribution is 9.10. The molecule has 1 aliphatic carbocycles. The van der Waals surface area contributed by atoms with Gasteiger partial charge in [-0.05, 0) is 24.5 Å². The number of carbonyl (C=O) groups is 1. The Kier molecular flexibility index (Phi) is 4.10. The number of carbonyl (C=O) groups excluding carboxylic acids is 1. The van der Waals surface area contributed by atoms with E-state index in [0.29, 0.717) is 6.54 Å². The predicted octanol–water partition coefficient (Wildman–Crippen LogP) is 3.99. The highest BCUT2D eigenvalue weighted by Crippen LogP contribution is 2.39. The number of nitrogens with zero attached hydrogens (tertiary/aromatic N) is 1. The predicted molar refractivity (Wildman–Crippen MR) is 77.2 cm³/mol. The Labute approximate surface area is 117 Å². The first kappa shape index (κ1) is 13.6. The molecule has 2 rings (SSSR count). The molecule has 0 aliphatic heterocycles. The maximum Gasteiger partial charge on any atom is 0.228 e. The van der Waals surface area contributed by atoms with Crippen LogP contribution in [0.4, 0.5) is 0 Å². The van der Waals surface area contributed by atoms with Crippen LogP contribution in [0.5, 0.6) is 0 Å². The molecule has 3 heteroatoms. The average Bonchev–Trinajstić information content (AvgIpc) is 2.79. The third kappa shape index (κ3) is 2.77. The van der Waals surface area contributed by atoms with E-state index in [1.54, 1.807) is 0 Å². The number of hydrogen-bond acceptors (Lipinski definition) is 1. The van der Waals surface area contributed by atoms with Crippen molar-refractivity contribution in [2.75, 3.05) is 7.05 Å². The summed E-state index contributed by atoms with van der Waals surface area (Å²) in [6, 6.07) is 8.08. The number of rotatable bonds is 3. The number of halogens is 1. The van der Waals surface area contributed by atoms with Gasteiger partial charge in [0, 0.05) is 23.5 Å². The lowest BCUT2D eigenvalue weighted by molar-refractivity contribution is -0.140. The van der Waals surface area contributed by atoms with Gasteiger partial charge in [0.15, 0.2) is 0 Å². The molecule has 1 amide bonds. The summed E-state index contributed by atoms with van der Waals surface area (Å²) in [5.74, 6) is 0.288. The van der Waals surface area contributed by atoms with Crippen LogP contribution < -0.4 is 0 Å². The topological polar surface area (TPSA) is 20.3 Å². The summed E-state index contributed by atoms with van der Waals surface area (Å²) in [4.78, 5) is 14.4.